The highest BCUT2D eigenvalue weighted by atomic mass is 32.1. The van der Waals surface area contributed by atoms with Gasteiger partial charge in [-0.3, -0.25) is 4.79 Å². The molecule has 136 valence electrons. The van der Waals surface area contributed by atoms with Crippen LogP contribution in [-0.2, 0) is 12.8 Å². The van der Waals surface area contributed by atoms with Gasteiger partial charge in [0.05, 0.1) is 11.9 Å². The number of hydrogen-bond donors (Lipinski definition) is 3. The van der Waals surface area contributed by atoms with Gasteiger partial charge in [0.25, 0.3) is 5.56 Å². The maximum Gasteiger partial charge on any atom is 0.260 e. The lowest BCUT2D eigenvalue weighted by atomic mass is 9.89. The highest BCUT2D eigenvalue weighted by Gasteiger charge is 2.30. The van der Waals surface area contributed by atoms with Crippen molar-refractivity contribution in [3.05, 3.63) is 26.6 Å². The van der Waals surface area contributed by atoms with Gasteiger partial charge >= 0.3 is 0 Å². The number of thiophene rings is 1. The van der Waals surface area contributed by atoms with E-state index in [1.165, 1.54) is 36.5 Å². The zero-order valence-corrected chi connectivity index (χ0v) is 16.4. The molecule has 0 aromatic carbocycles. The molecule has 1 aliphatic heterocycles. The molecule has 1 aliphatic carbocycles. The van der Waals surface area contributed by atoms with Gasteiger partial charge in [-0.1, -0.05) is 6.92 Å². The molecule has 0 saturated carbocycles. The van der Waals surface area contributed by atoms with Gasteiger partial charge in [-0.25, -0.2) is 4.98 Å². The van der Waals surface area contributed by atoms with E-state index in [1.807, 2.05) is 0 Å². The van der Waals surface area contributed by atoms with Crippen molar-refractivity contribution in [2.45, 2.75) is 46.1 Å². The Morgan fingerprint density at radius 3 is 2.80 bits per heavy atom. The molecule has 3 N–H and O–H groups in total. The molecular formula is C19H30N4OS+2. The van der Waals surface area contributed by atoms with Crippen LogP contribution in [0.15, 0.2) is 4.79 Å². The molecule has 1 fully saturated rings. The first-order chi connectivity index (χ1) is 12.1. The summed E-state index contributed by atoms with van der Waals surface area (Å²) >= 11 is 1.76. The number of quaternary nitrogens is 2. The summed E-state index contributed by atoms with van der Waals surface area (Å²) in [5.41, 5.74) is 1.36. The van der Waals surface area contributed by atoms with E-state index in [-0.39, 0.29) is 11.6 Å². The number of nitrogens with one attached hydrogen (secondary N) is 3. The number of nitrogens with zero attached hydrogens (tertiary/aromatic N) is 1. The average Bonchev–Trinajstić information content (AvgIpc) is 2.98. The fourth-order valence-corrected chi connectivity index (χ4v) is 5.87. The van der Waals surface area contributed by atoms with Gasteiger partial charge in [0, 0.05) is 4.88 Å². The Bertz CT molecular complexity index is 819. The minimum absolute atomic E-state index is 0.0797. The Hall–Kier alpha value is -1.24. The van der Waals surface area contributed by atoms with E-state index < -0.39 is 0 Å². The van der Waals surface area contributed by atoms with E-state index in [2.05, 4.69) is 25.8 Å². The maximum absolute atomic E-state index is 12.8. The highest BCUT2D eigenvalue weighted by molar-refractivity contribution is 7.18. The first-order valence-electron chi connectivity index (χ1n) is 9.79. The van der Waals surface area contributed by atoms with Crippen molar-refractivity contribution < 1.29 is 9.80 Å². The molecule has 0 radical (unpaired) electrons. The van der Waals surface area contributed by atoms with E-state index in [1.54, 1.807) is 21.1 Å². The van der Waals surface area contributed by atoms with Crippen molar-refractivity contribution in [3.63, 3.8) is 0 Å². The third kappa shape index (κ3) is 3.15. The van der Waals surface area contributed by atoms with Gasteiger partial charge in [-0.05, 0) is 44.6 Å². The molecule has 25 heavy (non-hydrogen) atoms. The predicted octanol–water partition coefficient (Wildman–Crippen LogP) is -0.0263. The Kier molecular flexibility index (Phi) is 4.69. The smallest absolute Gasteiger partial charge is 0.260 e. The molecule has 2 aromatic rings. The fraction of sp³-hybridized carbons (Fsp3) is 0.684. The summed E-state index contributed by atoms with van der Waals surface area (Å²) in [7, 11) is 0. The zero-order valence-electron chi connectivity index (χ0n) is 15.6. The summed E-state index contributed by atoms with van der Waals surface area (Å²) in [6, 6.07) is 0.258. The van der Waals surface area contributed by atoms with E-state index in [0.717, 1.165) is 47.9 Å². The van der Waals surface area contributed by atoms with E-state index in [4.69, 9.17) is 4.98 Å². The zero-order chi connectivity index (χ0) is 17.6. The Labute approximate surface area is 153 Å². The van der Waals surface area contributed by atoms with E-state index in [9.17, 15) is 4.79 Å². The molecule has 5 nitrogen and oxygen atoms in total. The van der Waals surface area contributed by atoms with Crippen molar-refractivity contribution in [1.29, 1.82) is 0 Å². The molecule has 6 heteroatoms. The number of piperazine rings is 1. The largest absolute Gasteiger partial charge is 0.326 e. The summed E-state index contributed by atoms with van der Waals surface area (Å²) in [6.45, 7) is 12.7. The van der Waals surface area contributed by atoms with Crippen molar-refractivity contribution in [2.24, 2.45) is 5.92 Å². The first-order valence-corrected chi connectivity index (χ1v) is 10.6. The lowest BCUT2D eigenvalue weighted by Crippen LogP contribution is -3.28. The Balaban J connectivity index is 1.64. The molecular weight excluding hydrogens is 332 g/mol. The van der Waals surface area contributed by atoms with Crippen LogP contribution in [0.5, 0.6) is 0 Å². The second-order valence-corrected chi connectivity index (χ2v) is 9.05. The van der Waals surface area contributed by atoms with Crippen LogP contribution in [0.4, 0.5) is 0 Å². The number of rotatable bonds is 3. The summed E-state index contributed by atoms with van der Waals surface area (Å²) < 4.78 is 0. The van der Waals surface area contributed by atoms with Crippen LogP contribution in [0, 0.1) is 5.92 Å². The monoisotopic (exact) mass is 362 g/mol. The van der Waals surface area contributed by atoms with Crippen LogP contribution in [0.2, 0.25) is 0 Å². The molecule has 2 aromatic heterocycles. The second kappa shape index (κ2) is 6.82. The fourth-order valence-electron chi connectivity index (χ4n) is 4.48. The number of aromatic nitrogens is 2. The first kappa shape index (κ1) is 17.2. The van der Waals surface area contributed by atoms with Gasteiger partial charge in [-0.15, -0.1) is 11.3 Å². The van der Waals surface area contributed by atoms with Gasteiger partial charge in [0.1, 0.15) is 37.1 Å². The van der Waals surface area contributed by atoms with Gasteiger partial charge in [-0.2, -0.15) is 0 Å². The van der Waals surface area contributed by atoms with Crippen LogP contribution in [0.1, 0.15) is 49.5 Å². The lowest BCUT2D eigenvalue weighted by Gasteiger charge is -2.32. The lowest BCUT2D eigenvalue weighted by molar-refractivity contribution is -1.03. The van der Waals surface area contributed by atoms with Crippen LogP contribution >= 0.6 is 11.3 Å². The molecule has 0 spiro atoms. The molecule has 0 amide bonds. The van der Waals surface area contributed by atoms with Crippen LogP contribution in [0.3, 0.4) is 0 Å². The highest BCUT2D eigenvalue weighted by Crippen LogP contribution is 2.35. The minimum atomic E-state index is 0.0797. The van der Waals surface area contributed by atoms with Crippen molar-refractivity contribution in [3.8, 4) is 0 Å². The topological polar surface area (TPSA) is 54.6 Å². The number of H-pyrrole nitrogens is 1. The van der Waals surface area contributed by atoms with Crippen molar-refractivity contribution in [2.75, 3.05) is 32.7 Å². The van der Waals surface area contributed by atoms with E-state index >= 15 is 0 Å². The summed E-state index contributed by atoms with van der Waals surface area (Å²) in [5, 5.41) is 0.873. The standard InChI is InChI=1S/C19H28N4OS/c1-4-22-7-9-23(10-8-22)13(3)17-20-18(24)16-14-6-5-12(2)11-15(14)25-19(16)21-17/h12-13H,4-11H2,1-3H3,(H,20,21,24)/p+2/t12-,13-/m0/s1. The molecule has 3 heterocycles. The molecule has 0 unspecified atom stereocenters. The van der Waals surface area contributed by atoms with Crippen molar-refractivity contribution in [1.82, 2.24) is 9.97 Å². The van der Waals surface area contributed by atoms with Gasteiger partial charge in [0.15, 0.2) is 5.82 Å². The van der Waals surface area contributed by atoms with Gasteiger partial charge < -0.3 is 14.8 Å². The number of hydrogen-bond acceptors (Lipinski definition) is 3. The minimum Gasteiger partial charge on any atom is -0.326 e. The maximum atomic E-state index is 12.8. The summed E-state index contributed by atoms with van der Waals surface area (Å²) in [6.07, 6.45) is 3.32. The Morgan fingerprint density at radius 1 is 1.32 bits per heavy atom. The molecule has 1 saturated heterocycles. The van der Waals surface area contributed by atoms with Crippen LogP contribution in [0.25, 0.3) is 10.2 Å². The quantitative estimate of drug-likeness (QED) is 0.719. The third-order valence-electron chi connectivity index (χ3n) is 6.31. The summed E-state index contributed by atoms with van der Waals surface area (Å²) in [5.74, 6) is 1.60. The van der Waals surface area contributed by atoms with Crippen LogP contribution in [-0.4, -0.2) is 42.7 Å². The summed E-state index contributed by atoms with van der Waals surface area (Å²) in [4.78, 5) is 26.4. The number of aromatic amines is 1. The number of likely N-dealkylation sites (N-methyl/N-ethyl adjacent to an activating group) is 1. The SMILES string of the molecule is CC[NH+]1CC[NH+]([C@@H](C)c2nc3sc4c(c3c(=O)[nH]2)CC[C@H](C)C4)CC1. The number of aryl methyl sites for hydroxylation is 1. The van der Waals surface area contributed by atoms with Gasteiger partial charge in [0.2, 0.25) is 0 Å². The Morgan fingerprint density at radius 2 is 2.08 bits per heavy atom. The molecule has 2 aliphatic rings. The third-order valence-corrected chi connectivity index (χ3v) is 7.45. The number of fused-ring (bicyclic) bond motifs is 3. The molecule has 4 rings (SSSR count). The van der Waals surface area contributed by atoms with Crippen molar-refractivity contribution >= 4 is 21.6 Å². The normalized spacial score (nSPS) is 28.0. The second-order valence-electron chi connectivity index (χ2n) is 7.97. The predicted molar refractivity (Wildman–Crippen MR) is 102 cm³/mol. The average molecular weight is 363 g/mol. The van der Waals surface area contributed by atoms with Crippen LogP contribution < -0.4 is 15.4 Å². The molecule has 0 bridgehead atoms. The molecule has 2 atom stereocenters. The van der Waals surface area contributed by atoms with E-state index in [0.29, 0.717) is 0 Å².